The molecule has 0 saturated carbocycles. The third kappa shape index (κ3) is 2.44. The Morgan fingerprint density at radius 2 is 1.11 bits per heavy atom. The molecule has 3 N–H and O–H groups in total. The first kappa shape index (κ1) is 15.2. The number of hydrogen-bond acceptors (Lipinski definition) is 3. The zero-order chi connectivity index (χ0) is 14.1. The summed E-state index contributed by atoms with van der Waals surface area (Å²) in [6.45, 7) is 10.0. The predicted octanol–water partition coefficient (Wildman–Crippen LogP) is 2.08. The summed E-state index contributed by atoms with van der Waals surface area (Å²) < 4.78 is 0. The van der Waals surface area contributed by atoms with Crippen molar-refractivity contribution in [2.24, 2.45) is 0 Å². The Hall–Kier alpha value is -0.900. The first-order valence-corrected chi connectivity index (χ1v) is 6.60. The van der Waals surface area contributed by atoms with Gasteiger partial charge in [0.25, 0.3) is 0 Å². The lowest BCUT2D eigenvalue weighted by Crippen LogP contribution is -2.29. The van der Waals surface area contributed by atoms with E-state index in [4.69, 9.17) is 0 Å². The minimum Gasteiger partial charge on any atom is -0.340 e. The summed E-state index contributed by atoms with van der Waals surface area (Å²) in [4.78, 5) is 0. The smallest absolute Gasteiger partial charge is 0.304 e. The van der Waals surface area contributed by atoms with E-state index in [9.17, 15) is 15.3 Å². The molecule has 0 atom stereocenters. The molecular formula is C15H24O3. The number of benzene rings is 1. The van der Waals surface area contributed by atoms with Crippen molar-refractivity contribution in [1.29, 1.82) is 0 Å². The first-order chi connectivity index (χ1) is 8.29. The van der Waals surface area contributed by atoms with E-state index in [0.29, 0.717) is 12.8 Å². The average Bonchev–Trinajstić information content (AvgIpc) is 2.30. The van der Waals surface area contributed by atoms with E-state index in [1.807, 2.05) is 27.7 Å². The van der Waals surface area contributed by atoms with Crippen molar-refractivity contribution in [3.05, 3.63) is 33.4 Å². The Labute approximate surface area is 109 Å². The number of hydrogen-bond donors (Lipinski definition) is 3. The van der Waals surface area contributed by atoms with Crippen molar-refractivity contribution in [2.75, 3.05) is 0 Å². The van der Waals surface area contributed by atoms with E-state index in [1.54, 1.807) is 0 Å². The molecule has 18 heavy (non-hydrogen) atoms. The van der Waals surface area contributed by atoms with Crippen molar-refractivity contribution in [3.63, 3.8) is 0 Å². The maximum absolute atomic E-state index is 9.66. The molecule has 0 bridgehead atoms. The van der Waals surface area contributed by atoms with Gasteiger partial charge in [0.1, 0.15) is 0 Å². The van der Waals surface area contributed by atoms with Gasteiger partial charge < -0.3 is 15.3 Å². The van der Waals surface area contributed by atoms with Gasteiger partial charge in [-0.05, 0) is 60.9 Å². The van der Waals surface area contributed by atoms with Gasteiger partial charge >= 0.3 is 5.97 Å². The molecule has 1 rings (SSSR count). The number of aliphatic hydroxyl groups is 3. The van der Waals surface area contributed by atoms with Crippen LogP contribution in [-0.4, -0.2) is 15.3 Å². The summed E-state index contributed by atoms with van der Waals surface area (Å²) in [6, 6.07) is 0. The van der Waals surface area contributed by atoms with Gasteiger partial charge in [-0.3, -0.25) is 0 Å². The molecule has 3 nitrogen and oxygen atoms in total. The molecule has 102 valence electrons. The fourth-order valence-corrected chi connectivity index (χ4v) is 2.92. The Kier molecular flexibility index (Phi) is 4.54. The molecule has 0 unspecified atom stereocenters. The SMILES string of the molecule is CCc1c(C)c(C)c(CC)c(C(O)(O)O)c1CC. The third-order valence-corrected chi connectivity index (χ3v) is 3.83. The van der Waals surface area contributed by atoms with Crippen LogP contribution in [0, 0.1) is 13.8 Å². The highest BCUT2D eigenvalue weighted by molar-refractivity contribution is 5.52. The minimum absolute atomic E-state index is 0.285. The second kappa shape index (κ2) is 5.39. The lowest BCUT2D eigenvalue weighted by atomic mass is 9.83. The molecule has 0 aliphatic carbocycles. The molecule has 0 aromatic heterocycles. The van der Waals surface area contributed by atoms with Crippen LogP contribution in [0.5, 0.6) is 0 Å². The van der Waals surface area contributed by atoms with E-state index in [1.165, 1.54) is 5.56 Å². The third-order valence-electron chi connectivity index (χ3n) is 3.83. The minimum atomic E-state index is -2.75. The molecule has 1 aromatic carbocycles. The average molecular weight is 252 g/mol. The number of rotatable bonds is 4. The standard InChI is InChI=1S/C15H24O3/c1-6-11-9(4)10(5)12(7-2)14(13(11)8-3)15(16,17)18/h16-18H,6-8H2,1-5H3. The fourth-order valence-electron chi connectivity index (χ4n) is 2.92. The zero-order valence-corrected chi connectivity index (χ0v) is 12.0. The lowest BCUT2D eigenvalue weighted by Gasteiger charge is -2.27. The molecule has 0 fully saturated rings. The van der Waals surface area contributed by atoms with Crippen LogP contribution in [0.2, 0.25) is 0 Å². The molecule has 0 saturated heterocycles. The maximum Gasteiger partial charge on any atom is 0.304 e. The molecule has 1 aromatic rings. The first-order valence-electron chi connectivity index (χ1n) is 6.60. The van der Waals surface area contributed by atoms with Crippen LogP contribution in [-0.2, 0) is 25.2 Å². The van der Waals surface area contributed by atoms with Gasteiger partial charge in [0.2, 0.25) is 0 Å². The Morgan fingerprint density at radius 1 is 0.722 bits per heavy atom. The van der Waals surface area contributed by atoms with E-state index in [2.05, 4.69) is 6.92 Å². The molecule has 0 aliphatic rings. The molecule has 0 radical (unpaired) electrons. The Morgan fingerprint density at radius 3 is 1.44 bits per heavy atom. The Bertz CT molecular complexity index is 442. The van der Waals surface area contributed by atoms with E-state index >= 15 is 0 Å². The van der Waals surface area contributed by atoms with E-state index in [0.717, 1.165) is 28.7 Å². The molecule has 0 heterocycles. The van der Waals surface area contributed by atoms with E-state index in [-0.39, 0.29) is 5.56 Å². The highest BCUT2D eigenvalue weighted by atomic mass is 16.7. The monoisotopic (exact) mass is 252 g/mol. The van der Waals surface area contributed by atoms with Crippen LogP contribution in [0.1, 0.15) is 54.2 Å². The Balaban J connectivity index is 3.80. The topological polar surface area (TPSA) is 60.7 Å². The van der Waals surface area contributed by atoms with Crippen molar-refractivity contribution >= 4 is 0 Å². The summed E-state index contributed by atoms with van der Waals surface area (Å²) in [5.74, 6) is -2.75. The van der Waals surface area contributed by atoms with Crippen molar-refractivity contribution in [3.8, 4) is 0 Å². The second-order valence-electron chi connectivity index (χ2n) is 4.76. The lowest BCUT2D eigenvalue weighted by molar-refractivity contribution is -0.324. The van der Waals surface area contributed by atoms with Gasteiger partial charge in [0.05, 0.1) is 0 Å². The largest absolute Gasteiger partial charge is 0.340 e. The van der Waals surface area contributed by atoms with Gasteiger partial charge in [-0.1, -0.05) is 20.8 Å². The van der Waals surface area contributed by atoms with E-state index < -0.39 is 5.97 Å². The molecule has 3 heteroatoms. The van der Waals surface area contributed by atoms with Crippen molar-refractivity contribution in [1.82, 2.24) is 0 Å². The second-order valence-corrected chi connectivity index (χ2v) is 4.76. The van der Waals surface area contributed by atoms with Crippen molar-refractivity contribution < 1.29 is 15.3 Å². The normalized spacial score (nSPS) is 12.0. The van der Waals surface area contributed by atoms with Crippen molar-refractivity contribution in [2.45, 2.75) is 59.9 Å². The molecule has 0 amide bonds. The summed E-state index contributed by atoms with van der Waals surface area (Å²) in [5.41, 5.74) is 5.34. The predicted molar refractivity (Wildman–Crippen MR) is 72.4 cm³/mol. The van der Waals surface area contributed by atoms with Crippen LogP contribution in [0.15, 0.2) is 0 Å². The maximum atomic E-state index is 9.66. The van der Waals surface area contributed by atoms with Gasteiger partial charge in [-0.2, -0.15) is 0 Å². The van der Waals surface area contributed by atoms with Gasteiger partial charge in [-0.15, -0.1) is 0 Å². The van der Waals surface area contributed by atoms with Crippen LogP contribution in [0.3, 0.4) is 0 Å². The van der Waals surface area contributed by atoms with Crippen LogP contribution >= 0.6 is 0 Å². The summed E-state index contributed by atoms with van der Waals surface area (Å²) >= 11 is 0. The quantitative estimate of drug-likeness (QED) is 0.719. The van der Waals surface area contributed by atoms with Gasteiger partial charge in [0.15, 0.2) is 0 Å². The zero-order valence-electron chi connectivity index (χ0n) is 12.0. The summed E-state index contributed by atoms with van der Waals surface area (Å²) in [6.07, 6.45) is 2.17. The fraction of sp³-hybridized carbons (Fsp3) is 0.600. The molecule has 0 aliphatic heterocycles. The molecular weight excluding hydrogens is 228 g/mol. The van der Waals surface area contributed by atoms with Gasteiger partial charge in [0, 0.05) is 5.56 Å². The van der Waals surface area contributed by atoms with Crippen LogP contribution in [0.25, 0.3) is 0 Å². The summed E-state index contributed by atoms with van der Waals surface area (Å²) in [7, 11) is 0. The highest BCUT2D eigenvalue weighted by Gasteiger charge is 2.31. The highest BCUT2D eigenvalue weighted by Crippen LogP contribution is 2.33. The van der Waals surface area contributed by atoms with Gasteiger partial charge in [-0.25, -0.2) is 0 Å². The van der Waals surface area contributed by atoms with Crippen LogP contribution < -0.4 is 0 Å². The molecule has 0 spiro atoms. The summed E-state index contributed by atoms with van der Waals surface area (Å²) in [5, 5.41) is 29.0. The van der Waals surface area contributed by atoms with Crippen LogP contribution in [0.4, 0.5) is 0 Å².